The second-order valence-corrected chi connectivity index (χ2v) is 7.02. The summed E-state index contributed by atoms with van der Waals surface area (Å²) >= 11 is 1.66. The number of hydrogen-bond acceptors (Lipinski definition) is 4. The largest absolute Gasteiger partial charge is 0.391 e. The topological polar surface area (TPSA) is 36.4 Å². The van der Waals surface area contributed by atoms with Crippen molar-refractivity contribution in [3.63, 3.8) is 0 Å². The van der Waals surface area contributed by atoms with Crippen molar-refractivity contribution in [1.29, 1.82) is 0 Å². The van der Waals surface area contributed by atoms with Crippen LogP contribution in [0.2, 0.25) is 0 Å². The van der Waals surface area contributed by atoms with Crippen molar-refractivity contribution in [3.05, 3.63) is 35.2 Å². The van der Waals surface area contributed by atoms with Gasteiger partial charge in [-0.15, -0.1) is 11.3 Å². The molecule has 1 N–H and O–H groups in total. The van der Waals surface area contributed by atoms with Crippen molar-refractivity contribution < 1.29 is 5.11 Å². The van der Waals surface area contributed by atoms with Crippen LogP contribution in [0, 0.1) is 0 Å². The van der Waals surface area contributed by atoms with E-state index in [1.54, 1.807) is 11.3 Å². The van der Waals surface area contributed by atoms with Crippen LogP contribution in [0.5, 0.6) is 0 Å². The van der Waals surface area contributed by atoms with Gasteiger partial charge in [-0.1, -0.05) is 38.1 Å². The van der Waals surface area contributed by atoms with Crippen LogP contribution >= 0.6 is 11.3 Å². The van der Waals surface area contributed by atoms with E-state index in [1.165, 1.54) is 5.56 Å². The second kappa shape index (κ2) is 5.78. The molecule has 2 heterocycles. The Morgan fingerprint density at radius 3 is 2.57 bits per heavy atom. The van der Waals surface area contributed by atoms with Gasteiger partial charge in [-0.05, 0) is 24.8 Å². The molecule has 1 aliphatic rings. The van der Waals surface area contributed by atoms with Gasteiger partial charge < -0.3 is 10.0 Å². The maximum absolute atomic E-state index is 9.77. The molecule has 0 aliphatic carbocycles. The molecule has 3 rings (SSSR count). The molecule has 2 aromatic rings. The summed E-state index contributed by atoms with van der Waals surface area (Å²) in [6.07, 6.45) is 0.607. The molecular formula is C17H22N2OS. The van der Waals surface area contributed by atoms with E-state index in [0.29, 0.717) is 18.5 Å². The molecule has 1 saturated heterocycles. The molecule has 1 aliphatic heterocycles. The lowest BCUT2D eigenvalue weighted by Gasteiger charge is -2.19. The summed E-state index contributed by atoms with van der Waals surface area (Å²) in [4.78, 5) is 6.96. The molecule has 21 heavy (non-hydrogen) atoms. The maximum atomic E-state index is 9.77. The first kappa shape index (κ1) is 14.5. The van der Waals surface area contributed by atoms with Crippen molar-refractivity contribution in [2.24, 2.45) is 0 Å². The molecule has 2 atom stereocenters. The van der Waals surface area contributed by atoms with Gasteiger partial charge in [-0.3, -0.25) is 0 Å². The number of hydrogen-bond donors (Lipinski definition) is 1. The van der Waals surface area contributed by atoms with Crippen molar-refractivity contribution in [3.8, 4) is 11.3 Å². The Kier molecular flexibility index (Phi) is 4.00. The molecule has 4 heteroatoms. The van der Waals surface area contributed by atoms with Gasteiger partial charge in [0, 0.05) is 23.5 Å². The van der Waals surface area contributed by atoms with E-state index in [9.17, 15) is 5.11 Å². The number of anilines is 1. The number of benzene rings is 1. The molecule has 2 unspecified atom stereocenters. The van der Waals surface area contributed by atoms with Crippen LogP contribution in [-0.4, -0.2) is 28.8 Å². The Balaban J connectivity index is 1.81. The zero-order valence-electron chi connectivity index (χ0n) is 12.8. The van der Waals surface area contributed by atoms with Gasteiger partial charge in [-0.25, -0.2) is 4.98 Å². The Morgan fingerprint density at radius 1 is 1.29 bits per heavy atom. The minimum Gasteiger partial charge on any atom is -0.391 e. The molecule has 3 nitrogen and oxygen atoms in total. The monoisotopic (exact) mass is 302 g/mol. The van der Waals surface area contributed by atoms with Gasteiger partial charge in [-0.2, -0.15) is 0 Å². The first-order valence-corrected chi connectivity index (χ1v) is 8.43. The molecule has 0 amide bonds. The summed E-state index contributed by atoms with van der Waals surface area (Å²) in [5, 5.41) is 12.9. The van der Waals surface area contributed by atoms with E-state index in [2.05, 4.69) is 55.3 Å². The van der Waals surface area contributed by atoms with E-state index in [0.717, 1.165) is 22.8 Å². The van der Waals surface area contributed by atoms with Gasteiger partial charge >= 0.3 is 0 Å². The Bertz CT molecular complexity index is 606. The lowest BCUT2D eigenvalue weighted by Crippen LogP contribution is -2.26. The van der Waals surface area contributed by atoms with Crippen LogP contribution in [0.15, 0.2) is 29.6 Å². The van der Waals surface area contributed by atoms with Crippen molar-refractivity contribution in [1.82, 2.24) is 4.98 Å². The summed E-state index contributed by atoms with van der Waals surface area (Å²) in [6, 6.07) is 9.03. The van der Waals surface area contributed by atoms with Crippen LogP contribution in [-0.2, 0) is 0 Å². The van der Waals surface area contributed by atoms with Crippen LogP contribution < -0.4 is 4.90 Å². The van der Waals surface area contributed by atoms with Crippen LogP contribution in [0.25, 0.3) is 11.3 Å². The maximum Gasteiger partial charge on any atom is 0.186 e. The number of aliphatic hydroxyl groups is 1. The third-order valence-electron chi connectivity index (χ3n) is 4.16. The van der Waals surface area contributed by atoms with Crippen LogP contribution in [0.3, 0.4) is 0 Å². The van der Waals surface area contributed by atoms with Crippen molar-refractivity contribution in [2.75, 3.05) is 11.4 Å². The lowest BCUT2D eigenvalue weighted by molar-refractivity contribution is 0.195. The molecule has 0 spiro atoms. The van der Waals surface area contributed by atoms with Crippen LogP contribution in [0.1, 0.15) is 38.7 Å². The SMILES string of the molecule is CC(C)c1ccc(-c2csc(N3CC(O)CC3C)n2)cc1. The van der Waals surface area contributed by atoms with E-state index >= 15 is 0 Å². The van der Waals surface area contributed by atoms with Gasteiger partial charge in [0.2, 0.25) is 0 Å². The molecule has 112 valence electrons. The summed E-state index contributed by atoms with van der Waals surface area (Å²) in [6.45, 7) is 7.25. The Morgan fingerprint density at radius 2 is 2.00 bits per heavy atom. The fourth-order valence-corrected chi connectivity index (χ4v) is 3.78. The average molecular weight is 302 g/mol. The third kappa shape index (κ3) is 2.97. The summed E-state index contributed by atoms with van der Waals surface area (Å²) in [5.41, 5.74) is 3.54. The smallest absolute Gasteiger partial charge is 0.186 e. The standard InChI is InChI=1S/C17H22N2OS/c1-11(2)13-4-6-14(7-5-13)16-10-21-17(18-16)19-9-15(20)8-12(19)3/h4-7,10-12,15,20H,8-9H2,1-3H3. The molecule has 1 fully saturated rings. The normalized spacial score (nSPS) is 22.2. The fourth-order valence-electron chi connectivity index (χ4n) is 2.84. The summed E-state index contributed by atoms with van der Waals surface area (Å²) < 4.78 is 0. The predicted molar refractivity (Wildman–Crippen MR) is 89.1 cm³/mol. The summed E-state index contributed by atoms with van der Waals surface area (Å²) in [5.74, 6) is 0.553. The molecule has 0 saturated carbocycles. The zero-order chi connectivity index (χ0) is 15.0. The molecular weight excluding hydrogens is 280 g/mol. The third-order valence-corrected chi connectivity index (χ3v) is 5.04. The highest BCUT2D eigenvalue weighted by Crippen LogP contribution is 2.32. The first-order chi connectivity index (χ1) is 10.0. The molecule has 1 aromatic heterocycles. The van der Waals surface area contributed by atoms with Gasteiger partial charge in [0.25, 0.3) is 0 Å². The number of rotatable bonds is 3. The highest BCUT2D eigenvalue weighted by Gasteiger charge is 2.29. The number of aliphatic hydroxyl groups excluding tert-OH is 1. The summed E-state index contributed by atoms with van der Waals surface area (Å²) in [7, 11) is 0. The van der Waals surface area contributed by atoms with E-state index in [-0.39, 0.29) is 6.10 Å². The van der Waals surface area contributed by atoms with Gasteiger partial charge in [0.1, 0.15) is 0 Å². The molecule has 0 radical (unpaired) electrons. The Hall–Kier alpha value is -1.39. The minimum absolute atomic E-state index is 0.224. The number of nitrogens with zero attached hydrogens (tertiary/aromatic N) is 2. The predicted octanol–water partition coefficient (Wildman–Crippen LogP) is 3.89. The van der Waals surface area contributed by atoms with Gasteiger partial charge in [0.05, 0.1) is 11.8 Å². The molecule has 1 aromatic carbocycles. The quantitative estimate of drug-likeness (QED) is 0.934. The second-order valence-electron chi connectivity index (χ2n) is 6.18. The first-order valence-electron chi connectivity index (χ1n) is 7.55. The highest BCUT2D eigenvalue weighted by atomic mass is 32.1. The molecule has 0 bridgehead atoms. The number of thiazole rings is 1. The Labute approximate surface area is 130 Å². The lowest BCUT2D eigenvalue weighted by atomic mass is 10.0. The highest BCUT2D eigenvalue weighted by molar-refractivity contribution is 7.14. The van der Waals surface area contributed by atoms with E-state index < -0.39 is 0 Å². The van der Waals surface area contributed by atoms with E-state index in [1.807, 2.05) is 0 Å². The number of β-amino-alcohol motifs (C(OH)–C–C–N with tert-alkyl or cyclic N) is 1. The van der Waals surface area contributed by atoms with Crippen molar-refractivity contribution >= 4 is 16.5 Å². The van der Waals surface area contributed by atoms with Crippen molar-refractivity contribution in [2.45, 2.75) is 45.3 Å². The van der Waals surface area contributed by atoms with Crippen LogP contribution in [0.4, 0.5) is 5.13 Å². The van der Waals surface area contributed by atoms with E-state index in [4.69, 9.17) is 4.98 Å². The average Bonchev–Trinajstić information content (AvgIpc) is 3.05. The fraction of sp³-hybridized carbons (Fsp3) is 0.471. The minimum atomic E-state index is -0.224. The number of aromatic nitrogens is 1. The zero-order valence-corrected chi connectivity index (χ0v) is 13.6. The van der Waals surface area contributed by atoms with Gasteiger partial charge in [0.15, 0.2) is 5.13 Å².